The number of anilines is 1. The van der Waals surface area contributed by atoms with Crippen LogP contribution in [0.25, 0.3) is 0 Å². The van der Waals surface area contributed by atoms with Crippen molar-refractivity contribution in [2.45, 2.75) is 83.8 Å². The molecule has 0 radical (unpaired) electrons. The van der Waals surface area contributed by atoms with Gasteiger partial charge in [0.1, 0.15) is 11.9 Å². The van der Waals surface area contributed by atoms with Crippen molar-refractivity contribution in [3.63, 3.8) is 0 Å². The van der Waals surface area contributed by atoms with Crippen LogP contribution in [0.2, 0.25) is 0 Å². The minimum atomic E-state index is -1.01. The molecule has 1 saturated heterocycles. The number of halogens is 1. The molecule has 2 N–H and O–H groups in total. The van der Waals surface area contributed by atoms with Gasteiger partial charge in [-0.2, -0.15) is 0 Å². The topological polar surface area (TPSA) is 83.9 Å². The summed E-state index contributed by atoms with van der Waals surface area (Å²) in [4.78, 5) is 19.1. The van der Waals surface area contributed by atoms with Crippen LogP contribution in [0, 0.1) is 12.7 Å². The molecule has 0 saturated carbocycles. The Kier molecular flexibility index (Phi) is 9.60. The molecule has 2 aromatic rings. The molecule has 208 valence electrons. The zero-order chi connectivity index (χ0) is 27.2. The van der Waals surface area contributed by atoms with E-state index in [0.717, 1.165) is 56.5 Å². The van der Waals surface area contributed by atoms with E-state index in [2.05, 4.69) is 18.3 Å². The first kappa shape index (κ1) is 28.3. The highest BCUT2D eigenvalue weighted by molar-refractivity contribution is 5.77. The second kappa shape index (κ2) is 12.9. The highest BCUT2D eigenvalue weighted by atomic mass is 19.1. The van der Waals surface area contributed by atoms with Crippen molar-refractivity contribution in [1.29, 1.82) is 0 Å². The molecule has 7 nitrogen and oxygen atoms in total. The van der Waals surface area contributed by atoms with Crippen molar-refractivity contribution in [3.8, 4) is 5.75 Å². The summed E-state index contributed by atoms with van der Waals surface area (Å²) in [7, 11) is 1.38. The van der Waals surface area contributed by atoms with E-state index in [9.17, 15) is 14.3 Å². The predicted octanol–water partition coefficient (Wildman–Crippen LogP) is 5.65. The fourth-order valence-corrected chi connectivity index (χ4v) is 5.61. The van der Waals surface area contributed by atoms with Crippen LogP contribution in [0.15, 0.2) is 18.2 Å². The van der Waals surface area contributed by atoms with Gasteiger partial charge in [-0.25, -0.2) is 9.37 Å². The Morgan fingerprint density at radius 2 is 2.08 bits per heavy atom. The van der Waals surface area contributed by atoms with Crippen LogP contribution in [0.3, 0.4) is 0 Å². The monoisotopic (exact) mass is 527 g/mol. The Morgan fingerprint density at radius 1 is 1.26 bits per heavy atom. The summed E-state index contributed by atoms with van der Waals surface area (Å²) in [5.74, 6) is -0.399. The number of nitrogens with one attached hydrogen (secondary N) is 1. The fourth-order valence-electron chi connectivity index (χ4n) is 5.61. The van der Waals surface area contributed by atoms with Gasteiger partial charge in [-0.15, -0.1) is 0 Å². The molecule has 0 bridgehead atoms. The Hall–Kier alpha value is -2.71. The van der Waals surface area contributed by atoms with Gasteiger partial charge in [0.05, 0.1) is 13.2 Å². The first-order chi connectivity index (χ1) is 18.3. The maximum atomic E-state index is 14.8. The van der Waals surface area contributed by atoms with E-state index in [1.165, 1.54) is 36.4 Å². The number of carboxylic acids is 1. The molecule has 2 atom stereocenters. The third-order valence-corrected chi connectivity index (χ3v) is 7.76. The average molecular weight is 528 g/mol. The number of aryl methyl sites for hydroxylation is 3. The number of aromatic nitrogens is 1. The van der Waals surface area contributed by atoms with Gasteiger partial charge in [0, 0.05) is 37.5 Å². The van der Waals surface area contributed by atoms with Gasteiger partial charge in [-0.1, -0.05) is 26.3 Å². The van der Waals surface area contributed by atoms with E-state index in [4.69, 9.17) is 14.5 Å². The first-order valence-corrected chi connectivity index (χ1v) is 14.0. The van der Waals surface area contributed by atoms with Crippen molar-refractivity contribution >= 4 is 11.8 Å². The number of aliphatic carboxylic acids is 1. The van der Waals surface area contributed by atoms with Crippen LogP contribution in [0.4, 0.5) is 10.2 Å². The van der Waals surface area contributed by atoms with Crippen LogP contribution < -0.4 is 10.1 Å². The number of hydrogen-bond donors (Lipinski definition) is 2. The quantitative estimate of drug-likeness (QED) is 0.345. The summed E-state index contributed by atoms with van der Waals surface area (Å²) in [6.07, 6.45) is 7.03. The van der Waals surface area contributed by atoms with Crippen molar-refractivity contribution < 1.29 is 23.8 Å². The van der Waals surface area contributed by atoms with Gasteiger partial charge < -0.3 is 19.9 Å². The summed E-state index contributed by atoms with van der Waals surface area (Å²) < 4.78 is 26.2. The second-order valence-corrected chi connectivity index (χ2v) is 10.9. The third-order valence-electron chi connectivity index (χ3n) is 7.76. The second-order valence-electron chi connectivity index (χ2n) is 10.9. The largest absolute Gasteiger partial charge is 0.493 e. The highest BCUT2D eigenvalue weighted by Crippen LogP contribution is 2.37. The molecule has 0 spiro atoms. The number of carbonyl (C=O) groups is 1. The molecule has 0 unspecified atom stereocenters. The van der Waals surface area contributed by atoms with Gasteiger partial charge in [0.2, 0.25) is 0 Å². The predicted molar refractivity (Wildman–Crippen MR) is 147 cm³/mol. The van der Waals surface area contributed by atoms with Gasteiger partial charge in [-0.05, 0) is 80.2 Å². The Morgan fingerprint density at radius 3 is 2.82 bits per heavy atom. The number of nitrogens with zero attached hydrogens (tertiary/aromatic N) is 2. The molecule has 3 heterocycles. The number of hydrogen-bond acceptors (Lipinski definition) is 6. The number of carboxylic acid groups (broad SMARTS) is 1. The maximum Gasteiger partial charge on any atom is 0.325 e. The molecular formula is C30H42FN3O4. The molecule has 38 heavy (non-hydrogen) atoms. The lowest BCUT2D eigenvalue weighted by atomic mass is 9.95. The number of fused-ring (bicyclic) bond motifs is 1. The smallest absolute Gasteiger partial charge is 0.325 e. The van der Waals surface area contributed by atoms with Gasteiger partial charge in [-0.3, -0.25) is 9.69 Å². The number of unbranched alkanes of at least 4 members (excludes halogenated alkanes) is 2. The summed E-state index contributed by atoms with van der Waals surface area (Å²) in [5, 5.41) is 13.5. The average Bonchev–Trinajstić information content (AvgIpc) is 3.34. The van der Waals surface area contributed by atoms with E-state index in [0.29, 0.717) is 25.3 Å². The van der Waals surface area contributed by atoms with E-state index in [1.54, 1.807) is 6.07 Å². The first-order valence-electron chi connectivity index (χ1n) is 14.0. The lowest BCUT2D eigenvalue weighted by Crippen LogP contribution is -2.34. The molecule has 2 aliphatic heterocycles. The minimum absolute atomic E-state index is 0.00519. The fraction of sp³-hybridized carbons (Fsp3) is 0.600. The van der Waals surface area contributed by atoms with E-state index in [-0.39, 0.29) is 17.8 Å². The number of methoxy groups -OCH3 is 1. The summed E-state index contributed by atoms with van der Waals surface area (Å²) in [6.45, 7) is 8.80. The van der Waals surface area contributed by atoms with Crippen molar-refractivity contribution in [1.82, 2.24) is 9.88 Å². The number of ether oxygens (including phenoxy) is 2. The van der Waals surface area contributed by atoms with Gasteiger partial charge >= 0.3 is 5.97 Å². The van der Waals surface area contributed by atoms with Crippen LogP contribution in [0.5, 0.6) is 5.75 Å². The van der Waals surface area contributed by atoms with Crippen LogP contribution in [0.1, 0.15) is 85.9 Å². The zero-order valence-corrected chi connectivity index (χ0v) is 23.2. The molecule has 1 aromatic carbocycles. The SMILES string of the molecule is COc1c(F)cc(C(C)C)cc1[C@@H](C(=O)O)N1CC[C@@H](OCCCCCc2nc3c(cc2C)CCCN3)C1. The van der Waals surface area contributed by atoms with Crippen LogP contribution in [-0.2, 0) is 22.4 Å². The number of benzene rings is 1. The Balaban J connectivity index is 1.26. The number of pyridine rings is 1. The maximum absolute atomic E-state index is 14.8. The molecule has 4 rings (SSSR count). The highest BCUT2D eigenvalue weighted by Gasteiger charge is 2.36. The summed E-state index contributed by atoms with van der Waals surface area (Å²) in [6, 6.07) is 4.51. The summed E-state index contributed by atoms with van der Waals surface area (Å²) in [5.41, 5.74) is 4.91. The molecule has 0 aliphatic carbocycles. The third kappa shape index (κ3) is 6.64. The Labute approximate surface area is 225 Å². The van der Waals surface area contributed by atoms with Gasteiger partial charge in [0.15, 0.2) is 11.6 Å². The van der Waals surface area contributed by atoms with Crippen molar-refractivity contribution in [2.24, 2.45) is 0 Å². The van der Waals surface area contributed by atoms with Crippen LogP contribution >= 0.6 is 0 Å². The lowest BCUT2D eigenvalue weighted by molar-refractivity contribution is -0.143. The van der Waals surface area contributed by atoms with Crippen molar-refractivity contribution in [3.05, 3.63) is 52.0 Å². The lowest BCUT2D eigenvalue weighted by Gasteiger charge is -2.27. The van der Waals surface area contributed by atoms with Gasteiger partial charge in [0.25, 0.3) is 0 Å². The minimum Gasteiger partial charge on any atom is -0.493 e. The van der Waals surface area contributed by atoms with E-state index >= 15 is 0 Å². The van der Waals surface area contributed by atoms with Crippen molar-refractivity contribution in [2.75, 3.05) is 38.7 Å². The molecular weight excluding hydrogens is 485 g/mol. The van der Waals surface area contributed by atoms with E-state index in [1.807, 2.05) is 18.7 Å². The normalized spacial score (nSPS) is 18.3. The molecule has 0 amide bonds. The van der Waals surface area contributed by atoms with Crippen LogP contribution in [-0.4, -0.2) is 60.4 Å². The van der Waals surface area contributed by atoms with E-state index < -0.39 is 17.8 Å². The standard InChI is InChI=1S/C30H42FN3O4/c1-19(2)22-16-24(28(37-4)25(31)17-22)27(30(35)36)34-13-11-23(18-34)38-14-7-5-6-10-26-20(3)15-21-9-8-12-32-29(21)33-26/h15-17,19,23,27H,5-14,18H2,1-4H3,(H,32,33)(H,35,36)/t23-,27+/m1/s1. The zero-order valence-electron chi connectivity index (χ0n) is 23.2. The number of rotatable bonds is 12. The molecule has 1 fully saturated rings. The number of likely N-dealkylation sites (tertiary alicyclic amines) is 1. The molecule has 8 heteroatoms. The molecule has 1 aromatic heterocycles. The Bertz CT molecular complexity index is 1120. The molecule has 2 aliphatic rings. The summed E-state index contributed by atoms with van der Waals surface area (Å²) >= 11 is 0.